The largest absolute Gasteiger partial charge is 0.357 e. The highest BCUT2D eigenvalue weighted by molar-refractivity contribution is 5.79. The molecule has 0 spiro atoms. The molecule has 0 saturated heterocycles. The number of aromatic nitrogens is 2. The van der Waals surface area contributed by atoms with E-state index in [9.17, 15) is 4.39 Å². The van der Waals surface area contributed by atoms with E-state index in [4.69, 9.17) is 0 Å². The summed E-state index contributed by atoms with van der Waals surface area (Å²) < 4.78 is 15.5. The lowest BCUT2D eigenvalue weighted by Gasteiger charge is -2.12. The molecule has 3 rings (SSSR count). The van der Waals surface area contributed by atoms with Crippen molar-refractivity contribution in [3.8, 4) is 5.69 Å². The minimum atomic E-state index is -0.170. The standard InChI is InChI=1S/C21H24FN5/c1-2-23-21(24-13-11-18-8-3-4-10-20(18)22)25-16-17-7-5-9-19(15-17)27-14-6-12-26-27/h3-10,12,14-15H,2,11,13,16H2,1H3,(H2,23,24,25). The molecule has 0 saturated carbocycles. The first-order chi connectivity index (χ1) is 13.3. The van der Waals surface area contributed by atoms with Crippen molar-refractivity contribution >= 4 is 5.96 Å². The van der Waals surface area contributed by atoms with Crippen LogP contribution in [-0.2, 0) is 13.0 Å². The Bertz CT molecular complexity index is 874. The van der Waals surface area contributed by atoms with Crippen molar-refractivity contribution in [3.05, 3.63) is 83.9 Å². The van der Waals surface area contributed by atoms with Gasteiger partial charge in [-0.2, -0.15) is 5.10 Å². The van der Waals surface area contributed by atoms with E-state index in [1.807, 2.05) is 54.2 Å². The van der Waals surface area contributed by atoms with E-state index >= 15 is 0 Å². The second kappa shape index (κ2) is 9.52. The van der Waals surface area contributed by atoms with Gasteiger partial charge in [-0.1, -0.05) is 30.3 Å². The van der Waals surface area contributed by atoms with Crippen LogP contribution in [0.2, 0.25) is 0 Å². The van der Waals surface area contributed by atoms with Gasteiger partial charge in [-0.25, -0.2) is 14.1 Å². The molecule has 0 atom stereocenters. The van der Waals surface area contributed by atoms with Gasteiger partial charge in [0.2, 0.25) is 0 Å². The van der Waals surface area contributed by atoms with Crippen LogP contribution < -0.4 is 10.6 Å². The van der Waals surface area contributed by atoms with E-state index < -0.39 is 0 Å². The van der Waals surface area contributed by atoms with Gasteiger partial charge in [-0.05, 0) is 48.7 Å². The zero-order valence-electron chi connectivity index (χ0n) is 15.4. The molecule has 27 heavy (non-hydrogen) atoms. The zero-order valence-corrected chi connectivity index (χ0v) is 15.4. The third-order valence-electron chi connectivity index (χ3n) is 4.09. The lowest BCUT2D eigenvalue weighted by molar-refractivity contribution is 0.606. The maximum absolute atomic E-state index is 13.7. The molecule has 2 N–H and O–H groups in total. The Kier molecular flexibility index (Phi) is 6.57. The summed E-state index contributed by atoms with van der Waals surface area (Å²) in [5.74, 6) is 0.551. The second-order valence-electron chi connectivity index (χ2n) is 6.08. The van der Waals surface area contributed by atoms with Crippen LogP contribution in [0, 0.1) is 5.82 Å². The smallest absolute Gasteiger partial charge is 0.191 e. The number of nitrogens with zero attached hydrogens (tertiary/aromatic N) is 3. The van der Waals surface area contributed by atoms with Crippen LogP contribution in [0.15, 0.2) is 72.0 Å². The molecular formula is C21H24FN5. The van der Waals surface area contributed by atoms with Crippen molar-refractivity contribution in [3.63, 3.8) is 0 Å². The van der Waals surface area contributed by atoms with Crippen molar-refractivity contribution < 1.29 is 4.39 Å². The Balaban J connectivity index is 1.60. The molecule has 3 aromatic rings. The van der Waals surface area contributed by atoms with Crippen LogP contribution in [0.4, 0.5) is 4.39 Å². The summed E-state index contributed by atoms with van der Waals surface area (Å²) in [6.45, 7) is 3.94. The third kappa shape index (κ3) is 5.41. The highest BCUT2D eigenvalue weighted by Gasteiger charge is 2.03. The van der Waals surface area contributed by atoms with E-state index in [1.165, 1.54) is 6.07 Å². The Morgan fingerprint density at radius 1 is 1.11 bits per heavy atom. The molecular weight excluding hydrogens is 341 g/mol. The van der Waals surface area contributed by atoms with Crippen molar-refractivity contribution in [1.29, 1.82) is 0 Å². The van der Waals surface area contributed by atoms with Crippen molar-refractivity contribution in [2.24, 2.45) is 4.99 Å². The van der Waals surface area contributed by atoms with Gasteiger partial charge in [-0.15, -0.1) is 0 Å². The molecule has 0 aliphatic carbocycles. The van der Waals surface area contributed by atoms with Crippen LogP contribution in [0.3, 0.4) is 0 Å². The Morgan fingerprint density at radius 2 is 2.00 bits per heavy atom. The van der Waals surface area contributed by atoms with Crippen molar-refractivity contribution in [2.75, 3.05) is 13.1 Å². The first-order valence-corrected chi connectivity index (χ1v) is 9.11. The monoisotopic (exact) mass is 365 g/mol. The first-order valence-electron chi connectivity index (χ1n) is 9.11. The second-order valence-corrected chi connectivity index (χ2v) is 6.08. The Hall–Kier alpha value is -3.15. The average molecular weight is 365 g/mol. The lowest BCUT2D eigenvalue weighted by atomic mass is 10.1. The summed E-state index contributed by atoms with van der Waals surface area (Å²) in [6, 6.07) is 16.9. The summed E-state index contributed by atoms with van der Waals surface area (Å²) >= 11 is 0. The van der Waals surface area contributed by atoms with E-state index in [-0.39, 0.29) is 5.82 Å². The van der Waals surface area contributed by atoms with Crippen LogP contribution >= 0.6 is 0 Å². The summed E-state index contributed by atoms with van der Waals surface area (Å²) in [7, 11) is 0. The zero-order chi connectivity index (χ0) is 18.9. The van der Waals surface area contributed by atoms with Crippen LogP contribution in [0.1, 0.15) is 18.1 Å². The number of aliphatic imine (C=N–C) groups is 1. The van der Waals surface area contributed by atoms with Crippen molar-refractivity contribution in [1.82, 2.24) is 20.4 Å². The van der Waals surface area contributed by atoms with Gasteiger partial charge >= 0.3 is 0 Å². The van der Waals surface area contributed by atoms with Gasteiger partial charge in [0.1, 0.15) is 5.82 Å². The normalized spacial score (nSPS) is 11.4. The molecule has 140 valence electrons. The average Bonchev–Trinajstić information content (AvgIpc) is 3.23. The molecule has 2 aromatic carbocycles. The number of benzene rings is 2. The number of hydrogen-bond donors (Lipinski definition) is 2. The highest BCUT2D eigenvalue weighted by atomic mass is 19.1. The minimum absolute atomic E-state index is 0.170. The summed E-state index contributed by atoms with van der Waals surface area (Å²) in [5, 5.41) is 10.7. The van der Waals surface area contributed by atoms with Crippen LogP contribution in [0.25, 0.3) is 5.69 Å². The Morgan fingerprint density at radius 3 is 2.78 bits per heavy atom. The van der Waals surface area contributed by atoms with Crippen LogP contribution in [-0.4, -0.2) is 28.8 Å². The van der Waals surface area contributed by atoms with E-state index in [2.05, 4.69) is 26.8 Å². The molecule has 1 heterocycles. The minimum Gasteiger partial charge on any atom is -0.357 e. The number of halogens is 1. The molecule has 0 radical (unpaired) electrons. The summed E-state index contributed by atoms with van der Waals surface area (Å²) in [6.07, 6.45) is 4.27. The third-order valence-corrected chi connectivity index (χ3v) is 4.09. The quantitative estimate of drug-likeness (QED) is 0.499. The molecule has 1 aromatic heterocycles. The maximum atomic E-state index is 13.7. The van der Waals surface area contributed by atoms with Gasteiger partial charge in [0.25, 0.3) is 0 Å². The molecule has 0 aliphatic rings. The number of rotatable bonds is 7. The summed E-state index contributed by atoms with van der Waals surface area (Å²) in [5.41, 5.74) is 2.80. The molecule has 0 fully saturated rings. The highest BCUT2D eigenvalue weighted by Crippen LogP contribution is 2.10. The SMILES string of the molecule is CCNC(=NCc1cccc(-n2cccn2)c1)NCCc1ccccc1F. The van der Waals surface area contributed by atoms with Crippen molar-refractivity contribution in [2.45, 2.75) is 19.9 Å². The molecule has 6 heteroatoms. The first kappa shape index (κ1) is 18.6. The van der Waals surface area contributed by atoms with E-state index in [0.29, 0.717) is 25.1 Å². The predicted molar refractivity (Wildman–Crippen MR) is 106 cm³/mol. The number of guanidine groups is 1. The number of hydrogen-bond acceptors (Lipinski definition) is 2. The molecule has 0 aliphatic heterocycles. The fraction of sp³-hybridized carbons (Fsp3) is 0.238. The Labute approximate surface area is 159 Å². The van der Waals surface area contributed by atoms with E-state index in [0.717, 1.165) is 23.8 Å². The van der Waals surface area contributed by atoms with Gasteiger partial charge in [-0.3, -0.25) is 0 Å². The fourth-order valence-electron chi connectivity index (χ4n) is 2.75. The van der Waals surface area contributed by atoms with E-state index in [1.54, 1.807) is 12.3 Å². The molecule has 0 bridgehead atoms. The number of nitrogens with one attached hydrogen (secondary N) is 2. The van der Waals surface area contributed by atoms with Gasteiger partial charge in [0.05, 0.1) is 12.2 Å². The van der Waals surface area contributed by atoms with Gasteiger partial charge < -0.3 is 10.6 Å². The predicted octanol–water partition coefficient (Wildman–Crippen LogP) is 3.31. The molecule has 0 amide bonds. The maximum Gasteiger partial charge on any atom is 0.191 e. The van der Waals surface area contributed by atoms with Crippen LogP contribution in [0.5, 0.6) is 0 Å². The lowest BCUT2D eigenvalue weighted by Crippen LogP contribution is -2.38. The molecule has 5 nitrogen and oxygen atoms in total. The summed E-state index contributed by atoms with van der Waals surface area (Å²) in [4.78, 5) is 4.63. The topological polar surface area (TPSA) is 54.2 Å². The van der Waals surface area contributed by atoms with Gasteiger partial charge in [0, 0.05) is 25.5 Å². The van der Waals surface area contributed by atoms with Gasteiger partial charge in [0.15, 0.2) is 5.96 Å². The fourth-order valence-corrected chi connectivity index (χ4v) is 2.75. The molecule has 0 unspecified atom stereocenters.